The van der Waals surface area contributed by atoms with E-state index in [-0.39, 0.29) is 18.1 Å². The van der Waals surface area contributed by atoms with Crippen LogP contribution in [-0.2, 0) is 14.2 Å². The van der Waals surface area contributed by atoms with Crippen molar-refractivity contribution in [3.8, 4) is 0 Å². The fourth-order valence-electron chi connectivity index (χ4n) is 10.2. The lowest BCUT2D eigenvalue weighted by Gasteiger charge is -2.65. The van der Waals surface area contributed by atoms with Crippen molar-refractivity contribution in [1.82, 2.24) is 0 Å². The maximum absolute atomic E-state index is 9.58. The number of rotatable bonds is 16. The number of nitrogens with two attached hydrogens (primary N) is 3. The zero-order valence-electron chi connectivity index (χ0n) is 26.0. The molecule has 0 aromatic heterocycles. The maximum Gasteiger partial charge on any atom is 0.0637 e. The van der Waals surface area contributed by atoms with E-state index < -0.39 is 0 Å². The molecule has 4 aliphatic rings. The van der Waals surface area contributed by atoms with Gasteiger partial charge >= 0.3 is 0 Å². The summed E-state index contributed by atoms with van der Waals surface area (Å²) in [6, 6.07) is 0. The lowest BCUT2D eigenvalue weighted by atomic mass is 9.43. The van der Waals surface area contributed by atoms with E-state index in [0.717, 1.165) is 77.6 Å². The fraction of sp³-hybridized carbons (Fsp3) is 1.00. The lowest BCUT2D eigenvalue weighted by Crippen LogP contribution is -2.63. The monoisotopic (exact) mass is 565 g/mol. The van der Waals surface area contributed by atoms with Crippen molar-refractivity contribution < 1.29 is 19.3 Å². The smallest absolute Gasteiger partial charge is 0.0637 e. The topological polar surface area (TPSA) is 126 Å². The molecule has 4 fully saturated rings. The molecule has 40 heavy (non-hydrogen) atoms. The average Bonchev–Trinajstić information content (AvgIpc) is 3.31. The minimum absolute atomic E-state index is 0.131. The van der Waals surface area contributed by atoms with Crippen LogP contribution in [0.3, 0.4) is 0 Å². The van der Waals surface area contributed by atoms with Gasteiger partial charge in [0.15, 0.2) is 0 Å². The van der Waals surface area contributed by atoms with Gasteiger partial charge in [0.2, 0.25) is 0 Å². The zero-order valence-corrected chi connectivity index (χ0v) is 26.0. The molecular weight excluding hydrogens is 502 g/mol. The quantitative estimate of drug-likeness (QED) is 0.203. The normalized spacial score (nSPS) is 41.8. The molecule has 4 aliphatic carbocycles. The summed E-state index contributed by atoms with van der Waals surface area (Å²) in [5, 5.41) is 9.58. The number of aliphatic hydroxyl groups excluding tert-OH is 1. The second kappa shape index (κ2) is 14.9. The Labute approximate surface area is 245 Å². The molecule has 4 rings (SSSR count). The van der Waals surface area contributed by atoms with Crippen molar-refractivity contribution in [3.63, 3.8) is 0 Å². The van der Waals surface area contributed by atoms with E-state index in [2.05, 4.69) is 20.8 Å². The molecule has 1 unspecified atom stereocenters. The highest BCUT2D eigenvalue weighted by Gasteiger charge is 2.66. The molecule has 0 aromatic rings. The highest BCUT2D eigenvalue weighted by Crippen LogP contribution is 2.69. The van der Waals surface area contributed by atoms with E-state index in [1.54, 1.807) is 0 Å². The Morgan fingerprint density at radius 1 is 0.800 bits per heavy atom. The molecule has 7 nitrogen and oxygen atoms in total. The molecule has 0 amide bonds. The van der Waals surface area contributed by atoms with Crippen molar-refractivity contribution in [2.45, 2.75) is 116 Å². The number of hydrogen-bond donors (Lipinski definition) is 4. The Morgan fingerprint density at radius 2 is 1.48 bits per heavy atom. The molecule has 0 radical (unpaired) electrons. The largest absolute Gasteiger partial charge is 0.396 e. The number of aliphatic hydroxyl groups is 1. The molecule has 0 aromatic carbocycles. The Morgan fingerprint density at radius 3 is 2.15 bits per heavy atom. The number of hydrogen-bond acceptors (Lipinski definition) is 7. The van der Waals surface area contributed by atoms with Crippen LogP contribution in [0.25, 0.3) is 0 Å². The van der Waals surface area contributed by atoms with Gasteiger partial charge in [0.25, 0.3) is 0 Å². The average molecular weight is 566 g/mol. The Balaban J connectivity index is 1.64. The molecule has 234 valence electrons. The molecule has 0 heterocycles. The van der Waals surface area contributed by atoms with Crippen LogP contribution in [0.4, 0.5) is 0 Å². The van der Waals surface area contributed by atoms with Gasteiger partial charge in [-0.2, -0.15) is 0 Å². The minimum atomic E-state index is 0.131. The molecule has 0 aliphatic heterocycles. The van der Waals surface area contributed by atoms with Gasteiger partial charge < -0.3 is 36.5 Å². The summed E-state index contributed by atoms with van der Waals surface area (Å²) in [7, 11) is 0. The van der Waals surface area contributed by atoms with Gasteiger partial charge in [-0.15, -0.1) is 0 Å². The van der Waals surface area contributed by atoms with Gasteiger partial charge in [-0.3, -0.25) is 0 Å². The summed E-state index contributed by atoms with van der Waals surface area (Å²) in [4.78, 5) is 0. The number of ether oxygens (including phenoxy) is 3. The van der Waals surface area contributed by atoms with Crippen LogP contribution in [0.15, 0.2) is 0 Å². The first-order valence-corrected chi connectivity index (χ1v) is 16.9. The van der Waals surface area contributed by atoms with E-state index in [1.165, 1.54) is 19.3 Å². The van der Waals surface area contributed by atoms with Gasteiger partial charge in [-0.25, -0.2) is 0 Å². The predicted octanol–water partition coefficient (Wildman–Crippen LogP) is 4.48. The first-order valence-electron chi connectivity index (χ1n) is 16.9. The van der Waals surface area contributed by atoms with E-state index >= 15 is 0 Å². The lowest BCUT2D eigenvalue weighted by molar-refractivity contribution is -0.227. The summed E-state index contributed by atoms with van der Waals surface area (Å²) >= 11 is 0. The van der Waals surface area contributed by atoms with Gasteiger partial charge in [-0.05, 0) is 138 Å². The standard InChI is InChI=1S/C33H63N3O4/c1-23(8-4-16-37)26-9-10-27-31-28(22-30(33(26,27)3)40-19-7-15-36)32(2)12-11-25(38-17-5-13-34)20-24(32)21-29(31)39-18-6-14-35/h23-31,37H,4-22,34-36H2,1-3H3/t23-,24+,25-,26?,27+,28+,29-,30+,31+,32+,33-/m1/s1. The molecule has 0 spiro atoms. The molecular formula is C33H63N3O4. The molecule has 11 atom stereocenters. The molecule has 7 N–H and O–H groups in total. The zero-order chi connectivity index (χ0) is 28.8. The van der Waals surface area contributed by atoms with E-state index in [1.807, 2.05) is 0 Å². The van der Waals surface area contributed by atoms with Crippen LogP contribution in [0.2, 0.25) is 0 Å². The Bertz CT molecular complexity index is 757. The van der Waals surface area contributed by atoms with Crippen molar-refractivity contribution in [2.24, 2.45) is 63.5 Å². The Kier molecular flexibility index (Phi) is 12.2. The van der Waals surface area contributed by atoms with Gasteiger partial charge in [0.1, 0.15) is 0 Å². The fourth-order valence-corrected chi connectivity index (χ4v) is 10.2. The predicted molar refractivity (Wildman–Crippen MR) is 162 cm³/mol. The third-order valence-electron chi connectivity index (χ3n) is 12.3. The summed E-state index contributed by atoms with van der Waals surface area (Å²) in [6.45, 7) is 12.2. The van der Waals surface area contributed by atoms with E-state index in [9.17, 15) is 5.11 Å². The molecule has 0 bridgehead atoms. The summed E-state index contributed by atoms with van der Waals surface area (Å²) in [6.07, 6.45) is 14.0. The van der Waals surface area contributed by atoms with Crippen molar-refractivity contribution >= 4 is 0 Å². The summed E-state index contributed by atoms with van der Waals surface area (Å²) < 4.78 is 20.1. The first-order chi connectivity index (χ1) is 19.3. The second-order valence-electron chi connectivity index (χ2n) is 14.3. The minimum Gasteiger partial charge on any atom is -0.396 e. The van der Waals surface area contributed by atoms with Crippen LogP contribution < -0.4 is 17.2 Å². The molecule has 7 heteroatoms. The van der Waals surface area contributed by atoms with Crippen LogP contribution in [0.5, 0.6) is 0 Å². The summed E-state index contributed by atoms with van der Waals surface area (Å²) in [5.41, 5.74) is 18.0. The molecule has 4 saturated carbocycles. The third kappa shape index (κ3) is 6.61. The van der Waals surface area contributed by atoms with Crippen molar-refractivity contribution in [1.29, 1.82) is 0 Å². The second-order valence-corrected chi connectivity index (χ2v) is 14.3. The maximum atomic E-state index is 9.58. The highest BCUT2D eigenvalue weighted by molar-refractivity contribution is 5.15. The third-order valence-corrected chi connectivity index (χ3v) is 12.3. The van der Waals surface area contributed by atoms with E-state index in [0.29, 0.717) is 72.8 Å². The van der Waals surface area contributed by atoms with Crippen LogP contribution >= 0.6 is 0 Å². The molecule has 0 saturated heterocycles. The van der Waals surface area contributed by atoms with Crippen LogP contribution in [0.1, 0.15) is 97.8 Å². The SMILES string of the molecule is C[C@H](CCCO)C1CC[C@H]2[C@@H]3[C@H](OCCCN)C[C@@H]4C[C@H](OCCCN)CC[C@]4(C)[C@H]3C[C@H](OCCCN)[C@]12C. The highest BCUT2D eigenvalue weighted by atomic mass is 16.5. The van der Waals surface area contributed by atoms with Crippen LogP contribution in [0, 0.1) is 46.3 Å². The Hall–Kier alpha value is -0.280. The van der Waals surface area contributed by atoms with Gasteiger partial charge in [-0.1, -0.05) is 20.8 Å². The van der Waals surface area contributed by atoms with Crippen molar-refractivity contribution in [3.05, 3.63) is 0 Å². The van der Waals surface area contributed by atoms with Crippen LogP contribution in [-0.4, -0.2) is 69.5 Å². The van der Waals surface area contributed by atoms with E-state index in [4.69, 9.17) is 31.4 Å². The summed E-state index contributed by atoms with van der Waals surface area (Å²) in [5.74, 6) is 3.60. The van der Waals surface area contributed by atoms with Crippen molar-refractivity contribution in [2.75, 3.05) is 46.1 Å². The van der Waals surface area contributed by atoms with Gasteiger partial charge in [0, 0.05) is 31.8 Å². The van der Waals surface area contributed by atoms with Gasteiger partial charge in [0.05, 0.1) is 18.3 Å². The number of fused-ring (bicyclic) bond motifs is 5. The first kappa shape index (κ1) is 32.6.